The topological polar surface area (TPSA) is 12.9 Å². The normalized spacial score (nSPS) is 12.6. The Morgan fingerprint density at radius 2 is 2.00 bits per heavy atom. The van der Waals surface area contributed by atoms with Crippen molar-refractivity contribution in [1.29, 1.82) is 0 Å². The first-order valence-corrected chi connectivity index (χ1v) is 7.77. The molecule has 0 amide bonds. The zero-order chi connectivity index (χ0) is 12.1. The van der Waals surface area contributed by atoms with Gasteiger partial charge in [0.05, 0.1) is 5.51 Å². The molecule has 0 radical (unpaired) electrons. The van der Waals surface area contributed by atoms with Gasteiger partial charge in [-0.1, -0.05) is 45.8 Å². The molecule has 17 heavy (non-hydrogen) atoms. The Morgan fingerprint density at radius 1 is 1.24 bits per heavy atom. The molecule has 0 spiro atoms. The lowest BCUT2D eigenvalue weighted by molar-refractivity contribution is 0.596. The van der Waals surface area contributed by atoms with Crippen LogP contribution < -0.4 is 0 Å². The summed E-state index contributed by atoms with van der Waals surface area (Å²) in [6.45, 7) is 2.13. The Morgan fingerprint density at radius 3 is 2.59 bits per heavy atom. The van der Waals surface area contributed by atoms with Crippen molar-refractivity contribution in [1.82, 2.24) is 4.98 Å². The average molecular weight is 310 g/mol. The zero-order valence-corrected chi connectivity index (χ0v) is 12.3. The van der Waals surface area contributed by atoms with Crippen LogP contribution in [0, 0.1) is 12.8 Å². The maximum Gasteiger partial charge on any atom is 0.0794 e. The lowest BCUT2D eigenvalue weighted by Gasteiger charge is -2.12. The second kappa shape index (κ2) is 6.31. The number of rotatable bonds is 5. The van der Waals surface area contributed by atoms with Gasteiger partial charge >= 0.3 is 0 Å². The summed E-state index contributed by atoms with van der Waals surface area (Å²) in [7, 11) is 0. The zero-order valence-electron chi connectivity index (χ0n) is 9.90. The molecule has 90 valence electrons. The fraction of sp³-hybridized carbons (Fsp3) is 0.357. The maximum atomic E-state index is 4.13. The number of benzene rings is 1. The molecule has 1 heterocycles. The second-order valence-corrected chi connectivity index (χ2v) is 6.00. The molecule has 2 aromatic rings. The minimum absolute atomic E-state index is 0.651. The van der Waals surface area contributed by atoms with Gasteiger partial charge in [-0.15, -0.1) is 11.3 Å². The van der Waals surface area contributed by atoms with E-state index < -0.39 is 0 Å². The predicted molar refractivity (Wildman–Crippen MR) is 78.0 cm³/mol. The van der Waals surface area contributed by atoms with E-state index in [-0.39, 0.29) is 0 Å². The van der Waals surface area contributed by atoms with E-state index in [0.29, 0.717) is 5.92 Å². The van der Waals surface area contributed by atoms with Crippen LogP contribution in [-0.4, -0.2) is 10.3 Å². The van der Waals surface area contributed by atoms with Gasteiger partial charge in [0.1, 0.15) is 0 Å². The third-order valence-electron chi connectivity index (χ3n) is 2.84. The molecule has 1 unspecified atom stereocenters. The quantitative estimate of drug-likeness (QED) is 0.753. The molecule has 3 heteroatoms. The van der Waals surface area contributed by atoms with Crippen molar-refractivity contribution in [3.63, 3.8) is 0 Å². The van der Waals surface area contributed by atoms with Crippen molar-refractivity contribution >= 4 is 27.3 Å². The maximum absolute atomic E-state index is 4.13. The Balaban J connectivity index is 1.97. The van der Waals surface area contributed by atoms with Crippen LogP contribution in [0.3, 0.4) is 0 Å². The number of hydrogen-bond donors (Lipinski definition) is 0. The van der Waals surface area contributed by atoms with Crippen LogP contribution in [0.25, 0.3) is 0 Å². The third kappa shape index (κ3) is 3.93. The van der Waals surface area contributed by atoms with Crippen LogP contribution in [0.4, 0.5) is 0 Å². The summed E-state index contributed by atoms with van der Waals surface area (Å²) in [6.07, 6.45) is 4.22. The van der Waals surface area contributed by atoms with Crippen molar-refractivity contribution in [2.24, 2.45) is 5.92 Å². The summed E-state index contributed by atoms with van der Waals surface area (Å²) in [5.41, 5.74) is 4.66. The molecule has 1 aromatic carbocycles. The second-order valence-electron chi connectivity index (χ2n) is 4.38. The van der Waals surface area contributed by atoms with E-state index in [1.54, 1.807) is 11.3 Å². The van der Waals surface area contributed by atoms with Gasteiger partial charge in [-0.2, -0.15) is 0 Å². The number of aryl methyl sites for hydroxylation is 1. The Labute approximate surface area is 115 Å². The molecule has 0 saturated heterocycles. The van der Waals surface area contributed by atoms with Crippen LogP contribution in [0.15, 0.2) is 36.0 Å². The van der Waals surface area contributed by atoms with Gasteiger partial charge < -0.3 is 0 Å². The molecule has 0 aliphatic heterocycles. The minimum Gasteiger partial charge on any atom is -0.253 e. The van der Waals surface area contributed by atoms with E-state index in [9.17, 15) is 0 Å². The molecular formula is C14H16BrNS. The first-order chi connectivity index (χ1) is 8.28. The number of aromatic nitrogens is 1. The summed E-state index contributed by atoms with van der Waals surface area (Å²) in [4.78, 5) is 5.51. The van der Waals surface area contributed by atoms with E-state index in [1.807, 2.05) is 11.7 Å². The van der Waals surface area contributed by atoms with Gasteiger partial charge in [-0.05, 0) is 31.2 Å². The highest BCUT2D eigenvalue weighted by Crippen LogP contribution is 2.19. The highest BCUT2D eigenvalue weighted by Gasteiger charge is 2.10. The molecule has 1 nitrogen and oxygen atoms in total. The Hall–Kier alpha value is -0.670. The number of thiazole rings is 1. The Kier molecular flexibility index (Phi) is 4.75. The molecular weight excluding hydrogens is 294 g/mol. The van der Waals surface area contributed by atoms with E-state index in [1.165, 1.54) is 16.0 Å². The van der Waals surface area contributed by atoms with Gasteiger partial charge in [0, 0.05) is 16.4 Å². The Bertz CT molecular complexity index is 436. The van der Waals surface area contributed by atoms with Gasteiger partial charge in [0.2, 0.25) is 0 Å². The van der Waals surface area contributed by atoms with Crippen molar-refractivity contribution in [3.8, 4) is 0 Å². The first-order valence-electron chi connectivity index (χ1n) is 5.77. The monoisotopic (exact) mass is 309 g/mol. The number of hydrogen-bond acceptors (Lipinski definition) is 2. The van der Waals surface area contributed by atoms with E-state index in [2.05, 4.69) is 52.1 Å². The highest BCUT2D eigenvalue weighted by atomic mass is 79.9. The number of alkyl halides is 1. The van der Waals surface area contributed by atoms with Crippen molar-refractivity contribution in [3.05, 3.63) is 52.0 Å². The molecule has 2 rings (SSSR count). The fourth-order valence-electron chi connectivity index (χ4n) is 1.87. The SMILES string of the molecule is Cc1ccc(CC(CBr)Cc2cncs2)cc1. The van der Waals surface area contributed by atoms with Crippen LogP contribution in [0.5, 0.6) is 0 Å². The largest absolute Gasteiger partial charge is 0.253 e. The van der Waals surface area contributed by atoms with Gasteiger partial charge in [0.15, 0.2) is 0 Å². The van der Waals surface area contributed by atoms with Crippen molar-refractivity contribution in [2.45, 2.75) is 19.8 Å². The molecule has 0 fully saturated rings. The van der Waals surface area contributed by atoms with Crippen LogP contribution in [-0.2, 0) is 12.8 Å². The van der Waals surface area contributed by atoms with Gasteiger partial charge in [-0.3, -0.25) is 4.98 Å². The first kappa shape index (κ1) is 12.8. The van der Waals surface area contributed by atoms with Gasteiger partial charge in [-0.25, -0.2) is 0 Å². The summed E-state index contributed by atoms with van der Waals surface area (Å²) < 4.78 is 0. The fourth-order valence-corrected chi connectivity index (χ4v) is 3.03. The van der Waals surface area contributed by atoms with Crippen molar-refractivity contribution in [2.75, 3.05) is 5.33 Å². The third-order valence-corrected chi connectivity index (χ3v) is 4.55. The smallest absolute Gasteiger partial charge is 0.0794 e. The van der Waals surface area contributed by atoms with Crippen LogP contribution in [0.1, 0.15) is 16.0 Å². The molecule has 1 atom stereocenters. The lowest BCUT2D eigenvalue weighted by Crippen LogP contribution is -2.09. The predicted octanol–water partition coefficient (Wildman–Crippen LogP) is 4.25. The molecule has 0 bridgehead atoms. The highest BCUT2D eigenvalue weighted by molar-refractivity contribution is 9.09. The van der Waals surface area contributed by atoms with Gasteiger partial charge in [0.25, 0.3) is 0 Å². The summed E-state index contributed by atoms with van der Waals surface area (Å²) >= 11 is 5.37. The van der Waals surface area contributed by atoms with E-state index >= 15 is 0 Å². The summed E-state index contributed by atoms with van der Waals surface area (Å²) in [5, 5.41) is 1.04. The lowest BCUT2D eigenvalue weighted by atomic mass is 9.97. The van der Waals surface area contributed by atoms with Crippen LogP contribution in [0.2, 0.25) is 0 Å². The summed E-state index contributed by atoms with van der Waals surface area (Å²) in [5.74, 6) is 0.651. The average Bonchev–Trinajstić information content (AvgIpc) is 2.84. The standard InChI is InChI=1S/C14H16BrNS/c1-11-2-4-12(5-3-11)6-13(8-15)7-14-9-16-10-17-14/h2-5,9-10,13H,6-8H2,1H3. The molecule has 0 N–H and O–H groups in total. The molecule has 1 aromatic heterocycles. The minimum atomic E-state index is 0.651. The molecule has 0 aliphatic carbocycles. The summed E-state index contributed by atoms with van der Waals surface area (Å²) in [6, 6.07) is 8.84. The van der Waals surface area contributed by atoms with E-state index in [4.69, 9.17) is 0 Å². The van der Waals surface area contributed by atoms with Crippen LogP contribution >= 0.6 is 27.3 Å². The molecule has 0 saturated carbocycles. The van der Waals surface area contributed by atoms with E-state index in [0.717, 1.165) is 18.2 Å². The molecule has 0 aliphatic rings. The number of halogens is 1. The number of nitrogens with zero attached hydrogens (tertiary/aromatic N) is 1. The van der Waals surface area contributed by atoms with Crippen molar-refractivity contribution < 1.29 is 0 Å².